The molecule has 0 aliphatic carbocycles. The van der Waals surface area contributed by atoms with Crippen LogP contribution in [0.5, 0.6) is 11.5 Å². The van der Waals surface area contributed by atoms with E-state index < -0.39 is 0 Å². The monoisotopic (exact) mass is 765 g/mol. The molecule has 0 aliphatic heterocycles. The average Bonchev–Trinajstić information content (AvgIpc) is 2.94. The van der Waals surface area contributed by atoms with Gasteiger partial charge in [-0.2, -0.15) is 0 Å². The van der Waals surface area contributed by atoms with Crippen molar-refractivity contribution in [3.8, 4) is 56.3 Å². The summed E-state index contributed by atoms with van der Waals surface area (Å²) in [6.45, 7) is 16.9. The quantitative estimate of drug-likeness (QED) is 0.142. The van der Waals surface area contributed by atoms with Gasteiger partial charge in [0.1, 0.15) is 11.5 Å². The van der Waals surface area contributed by atoms with E-state index in [4.69, 9.17) is 4.98 Å². The molecule has 1 heterocycles. The van der Waals surface area contributed by atoms with Gasteiger partial charge in [-0.15, -0.1) is 0 Å². The maximum atomic E-state index is 11.5. The molecule has 0 atom stereocenters. The topological polar surface area (TPSA) is 53.4 Å². The van der Waals surface area contributed by atoms with E-state index in [-0.39, 0.29) is 51.5 Å². The minimum Gasteiger partial charge on any atom is -0.507 e. The maximum Gasteiger partial charge on any atom is 0.127 e. The van der Waals surface area contributed by atoms with Crippen LogP contribution in [-0.2, 0) is 36.7 Å². The SMILES string of the molecule is Cc1cc(-c2ccccc2-c2cccc(-c3ccccc3-c3cc(C)cc(C(C)(C)C)c3O)n2)c(O)c(C(C)(C)C)c1.[CH3-].[CH3-].[Hf]. The minimum atomic E-state index is -0.199. The van der Waals surface area contributed by atoms with Crippen LogP contribution in [0.15, 0.2) is 91.0 Å². The Bertz CT molecular complexity index is 1660. The first kappa shape index (κ1) is 37.7. The summed E-state index contributed by atoms with van der Waals surface area (Å²) in [7, 11) is 0. The van der Waals surface area contributed by atoms with Gasteiger partial charge in [-0.3, -0.25) is 0 Å². The molecular weight excluding hydrogens is 717 g/mol. The van der Waals surface area contributed by atoms with Crippen molar-refractivity contribution in [3.05, 3.63) is 128 Å². The van der Waals surface area contributed by atoms with E-state index in [2.05, 4.69) is 104 Å². The van der Waals surface area contributed by atoms with Crippen molar-refractivity contribution < 1.29 is 36.1 Å². The van der Waals surface area contributed by atoms with Gasteiger partial charge in [0.2, 0.25) is 0 Å². The van der Waals surface area contributed by atoms with Crippen LogP contribution in [0.25, 0.3) is 44.8 Å². The van der Waals surface area contributed by atoms with Crippen molar-refractivity contribution in [1.29, 1.82) is 0 Å². The van der Waals surface area contributed by atoms with Gasteiger partial charge in [-0.05, 0) is 71.2 Å². The zero-order chi connectivity index (χ0) is 30.4. The Morgan fingerprint density at radius 3 is 1.13 bits per heavy atom. The summed E-state index contributed by atoms with van der Waals surface area (Å²) >= 11 is 0. The van der Waals surface area contributed by atoms with Crippen LogP contribution >= 0.6 is 0 Å². The first-order chi connectivity index (χ1) is 19.8. The van der Waals surface area contributed by atoms with Crippen LogP contribution in [0.4, 0.5) is 0 Å². The van der Waals surface area contributed by atoms with Crippen molar-refractivity contribution in [2.24, 2.45) is 0 Å². The van der Waals surface area contributed by atoms with E-state index in [0.29, 0.717) is 11.5 Å². The number of nitrogens with zero attached hydrogens (tertiary/aromatic N) is 1. The number of pyridine rings is 1. The smallest absolute Gasteiger partial charge is 0.127 e. The van der Waals surface area contributed by atoms with Gasteiger partial charge in [0, 0.05) is 59.2 Å². The molecule has 4 aromatic carbocycles. The Kier molecular flexibility index (Phi) is 12.0. The van der Waals surface area contributed by atoms with Crippen LogP contribution in [-0.4, -0.2) is 15.2 Å². The third-order valence-corrected chi connectivity index (χ3v) is 7.86. The molecule has 0 saturated carbocycles. The Morgan fingerprint density at radius 1 is 0.467 bits per heavy atom. The van der Waals surface area contributed by atoms with Gasteiger partial charge in [0.05, 0.1) is 11.4 Å². The van der Waals surface area contributed by atoms with Crippen molar-refractivity contribution in [2.75, 3.05) is 0 Å². The van der Waals surface area contributed by atoms with Crippen LogP contribution in [0.2, 0.25) is 0 Å². The Balaban J connectivity index is 0.00000235. The largest absolute Gasteiger partial charge is 0.507 e. The number of hydrogen-bond acceptors (Lipinski definition) is 3. The molecule has 0 aliphatic rings. The number of hydrogen-bond donors (Lipinski definition) is 2. The third kappa shape index (κ3) is 7.66. The molecule has 4 heteroatoms. The molecule has 5 rings (SSSR count). The van der Waals surface area contributed by atoms with E-state index >= 15 is 0 Å². The van der Waals surface area contributed by atoms with Gasteiger partial charge in [0.15, 0.2) is 0 Å². The molecule has 0 saturated heterocycles. The molecule has 0 unspecified atom stereocenters. The van der Waals surface area contributed by atoms with Crippen LogP contribution in [0.3, 0.4) is 0 Å². The summed E-state index contributed by atoms with van der Waals surface area (Å²) in [4.78, 5) is 5.17. The number of aromatic nitrogens is 1. The van der Waals surface area contributed by atoms with Crippen molar-refractivity contribution in [3.63, 3.8) is 0 Å². The van der Waals surface area contributed by atoms with Crippen molar-refractivity contribution >= 4 is 0 Å². The van der Waals surface area contributed by atoms with E-state index in [9.17, 15) is 10.2 Å². The Hall–Kier alpha value is -3.50. The molecule has 5 aromatic rings. The second-order valence-electron chi connectivity index (χ2n) is 13.4. The first-order valence-corrected chi connectivity index (χ1v) is 14.6. The molecule has 0 amide bonds. The molecule has 0 spiro atoms. The number of phenols is 2. The number of benzene rings is 4. The van der Waals surface area contributed by atoms with Gasteiger partial charge in [-0.25, -0.2) is 4.98 Å². The van der Waals surface area contributed by atoms with Crippen LogP contribution < -0.4 is 0 Å². The predicted molar refractivity (Wildman–Crippen MR) is 189 cm³/mol. The second kappa shape index (κ2) is 14.3. The van der Waals surface area contributed by atoms with Gasteiger partial charge in [0.25, 0.3) is 0 Å². The molecular formula is C41H47HfNO2-2. The molecule has 234 valence electrons. The van der Waals surface area contributed by atoms with Crippen LogP contribution in [0, 0.1) is 28.7 Å². The van der Waals surface area contributed by atoms with Gasteiger partial charge < -0.3 is 25.1 Å². The molecule has 0 fully saturated rings. The van der Waals surface area contributed by atoms with Crippen LogP contribution in [0.1, 0.15) is 63.8 Å². The summed E-state index contributed by atoms with van der Waals surface area (Å²) in [5, 5.41) is 22.9. The fourth-order valence-corrected chi connectivity index (χ4v) is 5.73. The molecule has 1 aromatic heterocycles. The number of aryl methyl sites for hydroxylation is 2. The molecule has 45 heavy (non-hydrogen) atoms. The zero-order valence-corrected chi connectivity index (χ0v) is 32.1. The Labute approximate surface area is 290 Å². The van der Waals surface area contributed by atoms with E-state index in [1.54, 1.807) is 0 Å². The summed E-state index contributed by atoms with van der Waals surface area (Å²) in [5.74, 6) is 0.623. The first-order valence-electron chi connectivity index (χ1n) is 14.6. The molecule has 0 bridgehead atoms. The molecule has 2 N–H and O–H groups in total. The van der Waals surface area contributed by atoms with Crippen molar-refractivity contribution in [1.82, 2.24) is 4.98 Å². The maximum absolute atomic E-state index is 11.5. The number of phenolic OH excluding ortho intramolecular Hbond substituents is 2. The standard InChI is InChI=1S/C39H41NO2.2CH3.Hf/c1-24-20-30(36(41)32(22-24)38(3,4)5)26-14-9-11-16-28(26)34-18-13-19-35(40-34)29-17-12-10-15-27(29)31-21-25(2)23-33(37(31)42)39(6,7)8;;;/h9-23,41-42H,1-8H3;2*1H3;/q;2*-1;. The number of aromatic hydroxyl groups is 2. The summed E-state index contributed by atoms with van der Waals surface area (Å²) < 4.78 is 0. The van der Waals surface area contributed by atoms with Gasteiger partial charge in [-0.1, -0.05) is 108 Å². The van der Waals surface area contributed by atoms with E-state index in [1.807, 2.05) is 42.5 Å². The molecule has 0 radical (unpaired) electrons. The fraction of sp³-hybridized carbons (Fsp3) is 0.244. The molecule has 3 nitrogen and oxygen atoms in total. The summed E-state index contributed by atoms with van der Waals surface area (Å²) in [5.41, 5.74) is 10.7. The number of rotatable bonds is 4. The summed E-state index contributed by atoms with van der Waals surface area (Å²) in [6.07, 6.45) is 0. The third-order valence-electron chi connectivity index (χ3n) is 7.86. The summed E-state index contributed by atoms with van der Waals surface area (Å²) in [6, 6.07) is 30.6. The normalized spacial score (nSPS) is 11.2. The second-order valence-corrected chi connectivity index (χ2v) is 13.4. The zero-order valence-electron chi connectivity index (χ0n) is 28.5. The van der Waals surface area contributed by atoms with E-state index in [0.717, 1.165) is 67.0 Å². The fourth-order valence-electron chi connectivity index (χ4n) is 5.73. The van der Waals surface area contributed by atoms with Crippen molar-refractivity contribution in [2.45, 2.75) is 66.2 Å². The average molecular weight is 764 g/mol. The van der Waals surface area contributed by atoms with Gasteiger partial charge >= 0.3 is 0 Å². The minimum absolute atomic E-state index is 0. The van der Waals surface area contributed by atoms with E-state index in [1.165, 1.54) is 0 Å². The Morgan fingerprint density at radius 2 is 0.800 bits per heavy atom. The predicted octanol–water partition coefficient (Wildman–Crippen LogP) is 11.3.